The maximum atomic E-state index is 6.17. The van der Waals surface area contributed by atoms with Gasteiger partial charge in [-0.25, -0.2) is 0 Å². The van der Waals surface area contributed by atoms with Crippen molar-refractivity contribution in [2.24, 2.45) is 17.8 Å². The number of benzene rings is 4. The summed E-state index contributed by atoms with van der Waals surface area (Å²) in [6, 6.07) is 32.9. The number of ether oxygens (including phenoxy) is 2. The minimum absolute atomic E-state index is 0.0229. The van der Waals surface area contributed by atoms with E-state index in [2.05, 4.69) is 55.5 Å². The Hall–Kier alpha value is -3.92. The fourth-order valence-electron chi connectivity index (χ4n) is 8.54. The van der Waals surface area contributed by atoms with Crippen molar-refractivity contribution < 1.29 is 9.47 Å². The maximum Gasteiger partial charge on any atom is 0.127 e. The van der Waals surface area contributed by atoms with Crippen molar-refractivity contribution in [3.63, 3.8) is 0 Å². The van der Waals surface area contributed by atoms with Crippen LogP contribution in [0.1, 0.15) is 114 Å². The van der Waals surface area contributed by atoms with E-state index in [0.29, 0.717) is 0 Å². The van der Waals surface area contributed by atoms with Gasteiger partial charge in [-0.05, 0) is 140 Å². The molecule has 6 rings (SSSR count). The summed E-state index contributed by atoms with van der Waals surface area (Å²) < 4.78 is 12.3. The smallest absolute Gasteiger partial charge is 0.127 e. The zero-order valence-corrected chi connectivity index (χ0v) is 29.0. The lowest BCUT2D eigenvalue weighted by Crippen LogP contribution is -2.35. The van der Waals surface area contributed by atoms with Crippen LogP contribution in [-0.2, 0) is 5.41 Å². The second kappa shape index (κ2) is 16.5. The number of rotatable bonds is 14. The average molecular weight is 645 g/mol. The summed E-state index contributed by atoms with van der Waals surface area (Å²) in [5.41, 5.74) is 16.0. The molecule has 0 saturated heterocycles. The predicted octanol–water partition coefficient (Wildman–Crippen LogP) is 12.5. The fraction of sp³-hybridized carbons (Fsp3) is 0.455. The van der Waals surface area contributed by atoms with Crippen molar-refractivity contribution in [2.45, 2.75) is 109 Å². The number of hydrogen-bond acceptors (Lipinski definition) is 4. The van der Waals surface area contributed by atoms with Crippen LogP contribution in [0.5, 0.6) is 23.0 Å². The number of anilines is 2. The van der Waals surface area contributed by atoms with Crippen LogP contribution >= 0.6 is 0 Å². The SMILES string of the molecule is CCCCCCCCC1CCC(C2CCC(c3ccc(Oc4ccc(N)cc4)cc3)(c3ccc(Oc4ccc(N)cc4)cc3)CC2)CC1. The van der Waals surface area contributed by atoms with E-state index in [1.54, 1.807) is 0 Å². The topological polar surface area (TPSA) is 70.5 Å². The Bertz CT molecular complexity index is 1420. The van der Waals surface area contributed by atoms with Gasteiger partial charge in [0.15, 0.2) is 0 Å². The van der Waals surface area contributed by atoms with Gasteiger partial charge in [-0.2, -0.15) is 0 Å². The van der Waals surface area contributed by atoms with Gasteiger partial charge in [-0.1, -0.05) is 89.0 Å². The van der Waals surface area contributed by atoms with E-state index in [1.807, 2.05) is 48.5 Å². The molecule has 0 bridgehead atoms. The Morgan fingerprint density at radius 1 is 0.500 bits per heavy atom. The zero-order chi connectivity index (χ0) is 33.2. The van der Waals surface area contributed by atoms with Crippen LogP contribution in [0.2, 0.25) is 0 Å². The molecular weight excluding hydrogens is 588 g/mol. The van der Waals surface area contributed by atoms with E-state index in [1.165, 1.54) is 107 Å². The molecule has 0 spiro atoms. The fourth-order valence-corrected chi connectivity index (χ4v) is 8.54. The monoisotopic (exact) mass is 644 g/mol. The normalized spacial score (nSPS) is 19.5. The first-order valence-corrected chi connectivity index (χ1v) is 18.8. The predicted molar refractivity (Wildman–Crippen MR) is 201 cm³/mol. The number of unbranched alkanes of at least 4 members (excludes halogenated alkanes) is 5. The molecule has 0 radical (unpaired) electrons. The van der Waals surface area contributed by atoms with Gasteiger partial charge in [0, 0.05) is 16.8 Å². The first-order chi connectivity index (χ1) is 23.5. The first-order valence-electron chi connectivity index (χ1n) is 18.8. The van der Waals surface area contributed by atoms with Crippen LogP contribution in [0.3, 0.4) is 0 Å². The molecule has 4 aromatic carbocycles. The Kier molecular flexibility index (Phi) is 11.6. The van der Waals surface area contributed by atoms with Gasteiger partial charge in [0.1, 0.15) is 23.0 Å². The lowest BCUT2D eigenvalue weighted by atomic mass is 9.60. The minimum Gasteiger partial charge on any atom is -0.457 e. The van der Waals surface area contributed by atoms with Gasteiger partial charge in [0.25, 0.3) is 0 Å². The van der Waals surface area contributed by atoms with Crippen LogP contribution in [0.25, 0.3) is 0 Å². The van der Waals surface area contributed by atoms with E-state index in [-0.39, 0.29) is 5.41 Å². The Morgan fingerprint density at radius 3 is 1.35 bits per heavy atom. The van der Waals surface area contributed by atoms with E-state index in [9.17, 15) is 0 Å². The number of nitrogens with two attached hydrogens (primary N) is 2. The van der Waals surface area contributed by atoms with Crippen molar-refractivity contribution in [3.8, 4) is 23.0 Å². The summed E-state index contributed by atoms with van der Waals surface area (Å²) in [6.45, 7) is 2.30. The molecule has 2 saturated carbocycles. The number of nitrogen functional groups attached to an aromatic ring is 2. The highest BCUT2D eigenvalue weighted by Crippen LogP contribution is 2.51. The molecule has 4 heteroatoms. The summed E-state index contributed by atoms with van der Waals surface area (Å²) in [7, 11) is 0. The second-order valence-corrected chi connectivity index (χ2v) is 14.6. The molecule has 254 valence electrons. The van der Waals surface area contributed by atoms with E-state index >= 15 is 0 Å². The molecular formula is C44H56N2O2. The van der Waals surface area contributed by atoms with Gasteiger partial charge in [-0.15, -0.1) is 0 Å². The molecule has 4 aromatic rings. The Balaban J connectivity index is 1.12. The van der Waals surface area contributed by atoms with Crippen molar-refractivity contribution in [1.82, 2.24) is 0 Å². The molecule has 0 atom stereocenters. The van der Waals surface area contributed by atoms with Crippen molar-refractivity contribution in [2.75, 3.05) is 11.5 Å². The summed E-state index contributed by atoms with van der Waals surface area (Å²) >= 11 is 0. The average Bonchev–Trinajstić information content (AvgIpc) is 3.13. The summed E-state index contributed by atoms with van der Waals surface area (Å²) in [5, 5.41) is 0. The van der Waals surface area contributed by atoms with Gasteiger partial charge in [-0.3, -0.25) is 0 Å². The molecule has 2 aliphatic rings. The maximum absolute atomic E-state index is 6.17. The van der Waals surface area contributed by atoms with Crippen LogP contribution in [0.4, 0.5) is 11.4 Å². The lowest BCUT2D eigenvalue weighted by molar-refractivity contribution is 0.140. The van der Waals surface area contributed by atoms with Gasteiger partial charge in [0.05, 0.1) is 0 Å². The van der Waals surface area contributed by atoms with Crippen molar-refractivity contribution >= 4 is 11.4 Å². The van der Waals surface area contributed by atoms with Crippen molar-refractivity contribution in [3.05, 3.63) is 108 Å². The Morgan fingerprint density at radius 2 is 0.896 bits per heavy atom. The third-order valence-electron chi connectivity index (χ3n) is 11.5. The summed E-state index contributed by atoms with van der Waals surface area (Å²) in [5.74, 6) is 5.99. The Labute approximate surface area is 289 Å². The molecule has 0 amide bonds. The third kappa shape index (κ3) is 8.75. The highest BCUT2D eigenvalue weighted by Gasteiger charge is 2.41. The van der Waals surface area contributed by atoms with E-state index < -0.39 is 0 Å². The lowest BCUT2D eigenvalue weighted by Gasteiger charge is -2.44. The standard InChI is InChI=1S/C44H56N2O2/c1-2-3-4-5-6-7-8-33-9-11-34(12-10-33)35-29-31-44(32-30-35,36-13-21-40(22-14-36)47-42-25-17-38(45)18-26-42)37-15-23-41(24-16-37)48-43-27-19-39(46)20-28-43/h13-28,33-35H,2-12,29-32,45-46H2,1H3. The molecule has 0 aromatic heterocycles. The molecule has 0 unspecified atom stereocenters. The van der Waals surface area contributed by atoms with Crippen LogP contribution in [-0.4, -0.2) is 0 Å². The molecule has 0 heterocycles. The molecule has 2 aliphatic carbocycles. The van der Waals surface area contributed by atoms with E-state index in [4.69, 9.17) is 20.9 Å². The molecule has 48 heavy (non-hydrogen) atoms. The van der Waals surface area contributed by atoms with Crippen LogP contribution in [0.15, 0.2) is 97.1 Å². The van der Waals surface area contributed by atoms with Crippen LogP contribution in [0, 0.1) is 17.8 Å². The quantitative estimate of drug-likeness (QED) is 0.106. The summed E-state index contributed by atoms with van der Waals surface area (Å²) in [4.78, 5) is 0. The third-order valence-corrected chi connectivity index (χ3v) is 11.5. The zero-order valence-electron chi connectivity index (χ0n) is 29.0. The summed E-state index contributed by atoms with van der Waals surface area (Å²) in [6.07, 6.45) is 20.6. The molecule has 0 aliphatic heterocycles. The molecule has 2 fully saturated rings. The second-order valence-electron chi connectivity index (χ2n) is 14.6. The van der Waals surface area contributed by atoms with Crippen molar-refractivity contribution in [1.29, 1.82) is 0 Å². The van der Waals surface area contributed by atoms with Gasteiger partial charge in [0.2, 0.25) is 0 Å². The van der Waals surface area contributed by atoms with Gasteiger partial charge >= 0.3 is 0 Å². The largest absolute Gasteiger partial charge is 0.457 e. The molecule has 4 nitrogen and oxygen atoms in total. The highest BCUT2D eigenvalue weighted by molar-refractivity contribution is 5.47. The number of hydrogen-bond donors (Lipinski definition) is 2. The first kappa shape index (κ1) is 34.0. The van der Waals surface area contributed by atoms with Gasteiger partial charge < -0.3 is 20.9 Å². The van der Waals surface area contributed by atoms with E-state index in [0.717, 1.165) is 52.1 Å². The van der Waals surface area contributed by atoms with Crippen LogP contribution < -0.4 is 20.9 Å². The molecule has 4 N–H and O–H groups in total. The highest BCUT2D eigenvalue weighted by atomic mass is 16.5. The minimum atomic E-state index is -0.0229.